The van der Waals surface area contributed by atoms with E-state index in [-0.39, 0.29) is 25.6 Å². The third-order valence-electron chi connectivity index (χ3n) is 8.46. The van der Waals surface area contributed by atoms with Gasteiger partial charge in [0, 0.05) is 60.4 Å². The zero-order chi connectivity index (χ0) is 40.6. The molecule has 55 heavy (non-hydrogen) atoms. The highest BCUT2D eigenvalue weighted by Crippen LogP contribution is 2.19. The molecule has 0 saturated carbocycles. The Morgan fingerprint density at radius 1 is 0.764 bits per heavy atom. The number of pyridine rings is 2. The highest BCUT2D eigenvalue weighted by Gasteiger charge is 2.08. The van der Waals surface area contributed by atoms with Crippen LogP contribution in [0.15, 0.2) is 90.4 Å². The van der Waals surface area contributed by atoms with Crippen LogP contribution >= 0.6 is 24.4 Å². The van der Waals surface area contributed by atoms with E-state index in [1.807, 2.05) is 36.7 Å². The molecule has 2 aromatic carbocycles. The second-order valence-electron chi connectivity index (χ2n) is 11.9. The van der Waals surface area contributed by atoms with Gasteiger partial charge in [0.15, 0.2) is 0 Å². The molecule has 6 aromatic rings. The molecule has 0 aliphatic carbocycles. The van der Waals surface area contributed by atoms with Gasteiger partial charge in [-0.25, -0.2) is 23.7 Å². The quantitative estimate of drug-likeness (QED) is 0.0467. The number of fused-ring (bicyclic) bond motifs is 2. The Morgan fingerprint density at radius 2 is 1.24 bits per heavy atom. The summed E-state index contributed by atoms with van der Waals surface area (Å²) in [5.74, 6) is -0.512. The van der Waals surface area contributed by atoms with Crippen LogP contribution in [-0.2, 0) is 25.9 Å². The number of aliphatic imine (C=N–C) groups is 1. The molecule has 0 amide bonds. The van der Waals surface area contributed by atoms with Crippen LogP contribution in [0.3, 0.4) is 0 Å². The summed E-state index contributed by atoms with van der Waals surface area (Å²) in [6.45, 7) is 10.9. The Labute approximate surface area is 337 Å². The number of aryl methyl sites for hydroxylation is 2. The lowest BCUT2D eigenvalue weighted by Gasteiger charge is -2.13. The van der Waals surface area contributed by atoms with Gasteiger partial charge in [0.05, 0.1) is 11.7 Å². The summed E-state index contributed by atoms with van der Waals surface area (Å²) in [7, 11) is 1.25. The van der Waals surface area contributed by atoms with Gasteiger partial charge in [0.25, 0.3) is 0 Å². The van der Waals surface area contributed by atoms with Crippen LogP contribution in [0.1, 0.15) is 72.1 Å². The van der Waals surface area contributed by atoms with Crippen LogP contribution in [0.5, 0.6) is 0 Å². The van der Waals surface area contributed by atoms with E-state index < -0.39 is 0 Å². The highest BCUT2D eigenvalue weighted by molar-refractivity contribution is 7.80. The lowest BCUT2D eigenvalue weighted by molar-refractivity contribution is 0.321. The predicted molar refractivity (Wildman–Crippen MR) is 237 cm³/mol. The molecule has 0 aliphatic heterocycles. The number of rotatable bonds is 12. The fourth-order valence-corrected chi connectivity index (χ4v) is 5.66. The van der Waals surface area contributed by atoms with Crippen LogP contribution in [0.2, 0.25) is 0 Å². The number of anilines is 2. The number of thiocarbonyl (C=S) groups is 2. The number of isothiocyanates is 1. The van der Waals surface area contributed by atoms with Gasteiger partial charge in [-0.2, -0.15) is 0 Å². The van der Waals surface area contributed by atoms with E-state index in [0.29, 0.717) is 41.9 Å². The van der Waals surface area contributed by atoms with Crippen molar-refractivity contribution in [3.05, 3.63) is 119 Å². The van der Waals surface area contributed by atoms with Gasteiger partial charge in [-0.15, -0.1) is 0 Å². The molecular formula is C42H57F2N9S2. The van der Waals surface area contributed by atoms with Gasteiger partial charge < -0.3 is 32.1 Å². The van der Waals surface area contributed by atoms with E-state index in [1.54, 1.807) is 24.5 Å². The Kier molecular flexibility index (Phi) is 21.9. The van der Waals surface area contributed by atoms with Crippen molar-refractivity contribution in [3.8, 4) is 0 Å². The van der Waals surface area contributed by atoms with Gasteiger partial charge in [0.1, 0.15) is 22.9 Å². The van der Waals surface area contributed by atoms with Gasteiger partial charge in [-0.1, -0.05) is 47.8 Å². The molecule has 0 saturated heterocycles. The van der Waals surface area contributed by atoms with Gasteiger partial charge in [-0.3, -0.25) is 0 Å². The molecule has 6 rings (SSSR count). The predicted octanol–water partition coefficient (Wildman–Crippen LogP) is 9.87. The molecule has 0 fully saturated rings. The van der Waals surface area contributed by atoms with Crippen LogP contribution in [0.25, 0.3) is 22.1 Å². The molecule has 0 radical (unpaired) electrons. The number of aromatic nitrogens is 4. The fraction of sp³-hybridized carbons (Fsp3) is 0.333. The average molecular weight is 791 g/mol. The van der Waals surface area contributed by atoms with Crippen molar-refractivity contribution in [1.29, 1.82) is 0 Å². The zero-order valence-electron chi connectivity index (χ0n) is 32.5. The first-order valence-electron chi connectivity index (χ1n) is 18.5. The minimum absolute atomic E-state index is 0. The van der Waals surface area contributed by atoms with Crippen molar-refractivity contribution in [2.75, 3.05) is 31.1 Å². The van der Waals surface area contributed by atoms with Gasteiger partial charge in [-0.05, 0) is 140 Å². The summed E-state index contributed by atoms with van der Waals surface area (Å²) in [5, 5.41) is 4.58. The maximum absolute atomic E-state index is 13.7. The number of benzene rings is 2. The maximum Gasteiger partial charge on any atom is 0.137 e. The lowest BCUT2D eigenvalue weighted by Crippen LogP contribution is -2.21. The zero-order valence-corrected chi connectivity index (χ0v) is 33.2. The smallest absolute Gasteiger partial charge is 0.137 e. The number of nitrogens with zero attached hydrogens (tertiary/aromatic N) is 4. The van der Waals surface area contributed by atoms with Crippen molar-refractivity contribution in [2.45, 2.75) is 74.4 Å². The molecule has 0 unspecified atom stereocenters. The van der Waals surface area contributed by atoms with Crippen molar-refractivity contribution >= 4 is 67.9 Å². The molecule has 0 atom stereocenters. The number of halogens is 2. The van der Waals surface area contributed by atoms with E-state index in [2.05, 4.69) is 68.0 Å². The highest BCUT2D eigenvalue weighted by atomic mass is 32.1. The summed E-state index contributed by atoms with van der Waals surface area (Å²) in [6, 6.07) is 17.0. The number of hydrogen-bond acceptors (Lipinski definition) is 9. The SMILES string of the molecule is C.CCN(CC)CC.NCc1cc(N)ccc1F.Nc1ccc(F)c(CCC(=S)CCc2ccnc3[nH]ccc23)c1.S=C=NCc1ccnc2[nH]ccc12.[2H]C. The second kappa shape index (κ2) is 26.0. The largest absolute Gasteiger partial charge is 0.399 e. The van der Waals surface area contributed by atoms with Gasteiger partial charge in [0.2, 0.25) is 0 Å². The first-order chi connectivity index (χ1) is 26.6. The van der Waals surface area contributed by atoms with Gasteiger partial charge >= 0.3 is 0 Å². The number of nitrogens with one attached hydrogen (secondary N) is 2. The second-order valence-corrected chi connectivity index (χ2v) is 12.7. The van der Waals surface area contributed by atoms with Crippen LogP contribution < -0.4 is 17.2 Å². The maximum atomic E-state index is 13.7. The topological polar surface area (TPSA) is 151 Å². The Balaban J connectivity index is 0.000000404. The summed E-state index contributed by atoms with van der Waals surface area (Å²) in [6.07, 6.45) is 10.3. The molecule has 4 heterocycles. The summed E-state index contributed by atoms with van der Waals surface area (Å²) in [4.78, 5) is 21.8. The molecule has 9 nitrogen and oxygen atoms in total. The number of nitrogens with two attached hydrogens (primary N) is 3. The standard InChI is InChI=1S/C18H18FN3S.C9H7N3S.C7H9FN2.C6H15N.2CH4/c19-17-6-3-14(20)11-13(17)2-5-15(23)4-1-12-7-9-21-18-16(12)8-10-22-18;13-6-10-5-7-1-3-11-9-8(7)2-4-12-9;8-7-2-1-6(10)3-5(7)4-9;1-4-7(5-2)6-3;;/h3,6-11H,1-2,4-5,20H2,(H,21,22);1-4H,5H2,(H,11,12);1-3H,4,9-10H2;4-6H2,1-3H3;2*1H4/i;;;;1D;. The van der Waals surface area contributed by atoms with E-state index >= 15 is 0 Å². The molecule has 13 heteroatoms. The normalized spacial score (nSPS) is 10.1. The third-order valence-corrected chi connectivity index (χ3v) is 9.00. The summed E-state index contributed by atoms with van der Waals surface area (Å²) >= 11 is 9.97. The Hall–Kier alpha value is -4.91. The summed E-state index contributed by atoms with van der Waals surface area (Å²) < 4.78 is 32.1. The number of H-pyrrole nitrogens is 2. The third kappa shape index (κ3) is 15.8. The fourth-order valence-electron chi connectivity index (χ4n) is 5.39. The van der Waals surface area contributed by atoms with E-state index in [9.17, 15) is 8.78 Å². The minimum Gasteiger partial charge on any atom is -0.399 e. The monoisotopic (exact) mass is 790 g/mol. The van der Waals surface area contributed by atoms with Crippen LogP contribution in [0, 0.1) is 11.6 Å². The van der Waals surface area contributed by atoms with E-state index in [1.165, 1.54) is 56.9 Å². The Bertz CT molecular complexity index is 2070. The molecule has 0 aliphatic rings. The van der Waals surface area contributed by atoms with E-state index in [0.717, 1.165) is 45.3 Å². The van der Waals surface area contributed by atoms with E-state index in [4.69, 9.17) is 30.8 Å². The molecule has 4 aromatic heterocycles. The first kappa shape index (κ1) is 46.2. The lowest BCUT2D eigenvalue weighted by atomic mass is 10.0. The van der Waals surface area contributed by atoms with Crippen LogP contribution in [-0.4, -0.2) is 54.5 Å². The average Bonchev–Trinajstić information content (AvgIpc) is 3.91. The molecule has 8 N–H and O–H groups in total. The number of nitrogen functional groups attached to an aromatic ring is 2. The molecule has 0 bridgehead atoms. The Morgan fingerprint density at radius 3 is 1.71 bits per heavy atom. The van der Waals surface area contributed by atoms with Crippen molar-refractivity contribution in [3.63, 3.8) is 0 Å². The summed E-state index contributed by atoms with van der Waals surface area (Å²) in [5.41, 5.74) is 22.6. The number of aromatic amines is 2. The molecule has 296 valence electrons. The number of hydrogen-bond donors (Lipinski definition) is 5. The first-order valence-corrected chi connectivity index (χ1v) is 18.3. The molecule has 0 spiro atoms. The molecular weight excluding hydrogens is 733 g/mol. The van der Waals surface area contributed by atoms with Crippen LogP contribution in [0.4, 0.5) is 20.2 Å². The van der Waals surface area contributed by atoms with Crippen molar-refractivity contribution < 1.29 is 10.2 Å². The minimum atomic E-state index is -0.295. The van der Waals surface area contributed by atoms with Crippen molar-refractivity contribution in [2.24, 2.45) is 10.7 Å². The van der Waals surface area contributed by atoms with Crippen molar-refractivity contribution in [1.82, 2.24) is 24.8 Å².